The molecule has 0 saturated carbocycles. The fourth-order valence-electron chi connectivity index (χ4n) is 1.54. The Labute approximate surface area is 102 Å². The van der Waals surface area contributed by atoms with E-state index in [9.17, 15) is 20.1 Å². The minimum Gasteiger partial charge on any atom is -0.394 e. The van der Waals surface area contributed by atoms with Gasteiger partial charge in [-0.25, -0.2) is 0 Å². The minimum absolute atomic E-state index is 0.620. The Bertz CT molecular complexity index is 286. The average Bonchev–Trinajstić information content (AvgIpc) is 2.35. The van der Waals surface area contributed by atoms with Crippen LogP contribution >= 0.6 is 0 Å². The van der Waals surface area contributed by atoms with E-state index in [-0.39, 0.29) is 0 Å². The number of carbonyl (C=O) groups is 1. The smallest absolute Gasteiger partial charge is 0.249 e. The van der Waals surface area contributed by atoms with Crippen LogP contribution in [0.1, 0.15) is 0 Å². The van der Waals surface area contributed by atoms with Gasteiger partial charge in [-0.3, -0.25) is 4.79 Å². The maximum absolute atomic E-state index is 10.8. The van der Waals surface area contributed by atoms with E-state index in [1.54, 1.807) is 0 Å². The van der Waals surface area contributed by atoms with Gasteiger partial charge in [-0.1, -0.05) is 0 Å². The van der Waals surface area contributed by atoms with Crippen LogP contribution in [0.4, 0.5) is 0 Å². The number of amides is 1. The van der Waals surface area contributed by atoms with E-state index in [1.165, 1.54) is 0 Å². The summed E-state index contributed by atoms with van der Waals surface area (Å²) >= 11 is 0. The Morgan fingerprint density at radius 3 is 2.28 bits per heavy atom. The summed E-state index contributed by atoms with van der Waals surface area (Å²) in [5.41, 5.74) is 4.92. The molecule has 1 amide bonds. The molecule has 0 bridgehead atoms. The topological polar surface area (TPSA) is 163 Å². The number of aliphatic hydroxyl groups is 5. The molecule has 9 heteroatoms. The highest BCUT2D eigenvalue weighted by Crippen LogP contribution is 2.22. The van der Waals surface area contributed by atoms with Crippen LogP contribution in [0.5, 0.6) is 0 Å². The van der Waals surface area contributed by atoms with E-state index in [2.05, 4.69) is 0 Å². The predicted molar refractivity (Wildman–Crippen MR) is 54.9 cm³/mol. The average molecular weight is 267 g/mol. The zero-order chi connectivity index (χ0) is 13.9. The van der Waals surface area contributed by atoms with Gasteiger partial charge in [-0.2, -0.15) is 0 Å². The molecule has 18 heavy (non-hydrogen) atoms. The summed E-state index contributed by atoms with van der Waals surface area (Å²) in [5.74, 6) is -0.977. The van der Waals surface area contributed by atoms with Gasteiger partial charge in [0, 0.05) is 0 Å². The first-order chi connectivity index (χ1) is 8.42. The molecule has 1 heterocycles. The molecule has 1 fully saturated rings. The Morgan fingerprint density at radius 1 is 1.22 bits per heavy atom. The van der Waals surface area contributed by atoms with Crippen molar-refractivity contribution in [1.82, 2.24) is 0 Å². The number of nitrogens with two attached hydrogens (primary N) is 1. The summed E-state index contributed by atoms with van der Waals surface area (Å²) < 4.78 is 9.85. The van der Waals surface area contributed by atoms with Gasteiger partial charge in [-0.15, -0.1) is 0 Å². The molecular formula is C9H17NO8. The summed E-state index contributed by atoms with van der Waals surface area (Å²) in [7, 11) is 0. The molecule has 9 nitrogen and oxygen atoms in total. The molecule has 7 N–H and O–H groups in total. The van der Waals surface area contributed by atoms with Crippen LogP contribution in [0.15, 0.2) is 0 Å². The van der Waals surface area contributed by atoms with Crippen LogP contribution in [-0.2, 0) is 14.3 Å². The Balaban J connectivity index is 2.72. The lowest BCUT2D eigenvalue weighted by molar-refractivity contribution is -0.310. The molecular weight excluding hydrogens is 250 g/mol. The third-order valence-corrected chi connectivity index (χ3v) is 2.63. The van der Waals surface area contributed by atoms with Crippen molar-refractivity contribution in [2.75, 3.05) is 13.2 Å². The summed E-state index contributed by atoms with van der Waals surface area (Å²) in [6.45, 7) is -1.35. The fraction of sp³-hybridized carbons (Fsp3) is 0.889. The third kappa shape index (κ3) is 3.14. The highest BCUT2D eigenvalue weighted by atomic mass is 16.7. The Kier molecular flexibility index (Phi) is 5.41. The van der Waals surface area contributed by atoms with Crippen molar-refractivity contribution in [3.05, 3.63) is 0 Å². The third-order valence-electron chi connectivity index (χ3n) is 2.63. The maximum Gasteiger partial charge on any atom is 0.249 e. The van der Waals surface area contributed by atoms with Gasteiger partial charge in [0.2, 0.25) is 5.91 Å². The summed E-state index contributed by atoms with van der Waals surface area (Å²) in [6.07, 6.45) is -8.85. The standard InChI is InChI=1S/C9H17NO8/c10-8(16)4(2-12)18-9-7(15)6(14)5(13)3(1-11)17-9/h3-7,9,11-15H,1-2H2,(H2,10,16)/t3-,4?,5-,6+,7+,9+/m1/s1. The van der Waals surface area contributed by atoms with Gasteiger partial charge in [0.15, 0.2) is 12.4 Å². The lowest BCUT2D eigenvalue weighted by Gasteiger charge is -2.40. The van der Waals surface area contributed by atoms with Crippen LogP contribution in [0.2, 0.25) is 0 Å². The second kappa shape index (κ2) is 6.38. The fourth-order valence-corrected chi connectivity index (χ4v) is 1.54. The number of carbonyl (C=O) groups excluding carboxylic acids is 1. The van der Waals surface area contributed by atoms with E-state index in [4.69, 9.17) is 25.4 Å². The Morgan fingerprint density at radius 2 is 1.83 bits per heavy atom. The van der Waals surface area contributed by atoms with Crippen LogP contribution in [0.3, 0.4) is 0 Å². The van der Waals surface area contributed by atoms with Crippen molar-refractivity contribution in [3.8, 4) is 0 Å². The number of hydrogen-bond donors (Lipinski definition) is 6. The monoisotopic (exact) mass is 267 g/mol. The number of primary amides is 1. The molecule has 1 unspecified atom stereocenters. The van der Waals surface area contributed by atoms with E-state index in [1.807, 2.05) is 0 Å². The van der Waals surface area contributed by atoms with Crippen molar-refractivity contribution in [2.24, 2.45) is 5.73 Å². The van der Waals surface area contributed by atoms with Crippen molar-refractivity contribution < 1.29 is 39.8 Å². The second-order valence-electron chi connectivity index (χ2n) is 3.91. The van der Waals surface area contributed by atoms with E-state index < -0.39 is 55.9 Å². The molecule has 0 aromatic carbocycles. The Hall–Kier alpha value is -0.810. The quantitative estimate of drug-likeness (QED) is 0.291. The summed E-state index contributed by atoms with van der Waals surface area (Å²) in [6, 6.07) is 0. The predicted octanol–water partition coefficient (Wildman–Crippen LogP) is -4.35. The highest BCUT2D eigenvalue weighted by Gasteiger charge is 2.45. The molecule has 0 aliphatic carbocycles. The lowest BCUT2D eigenvalue weighted by atomic mass is 9.99. The van der Waals surface area contributed by atoms with Crippen molar-refractivity contribution >= 4 is 5.91 Å². The van der Waals surface area contributed by atoms with Gasteiger partial charge in [0.05, 0.1) is 13.2 Å². The van der Waals surface area contributed by atoms with Crippen LogP contribution < -0.4 is 5.73 Å². The van der Waals surface area contributed by atoms with Gasteiger partial charge in [-0.05, 0) is 0 Å². The van der Waals surface area contributed by atoms with Crippen LogP contribution in [-0.4, -0.2) is 81.5 Å². The van der Waals surface area contributed by atoms with Crippen LogP contribution in [0, 0.1) is 0 Å². The van der Waals surface area contributed by atoms with E-state index in [0.29, 0.717) is 0 Å². The molecule has 1 aliphatic heterocycles. The molecule has 1 saturated heterocycles. The summed E-state index contributed by atoms with van der Waals surface area (Å²) in [4.78, 5) is 10.8. The van der Waals surface area contributed by atoms with Gasteiger partial charge in [0.1, 0.15) is 24.4 Å². The SMILES string of the molecule is NC(=O)C(CO)O[C@@H]1O[C@H](CO)[C@@H](O)[C@H](O)[C@@H]1O. The van der Waals surface area contributed by atoms with Crippen molar-refractivity contribution in [2.45, 2.75) is 36.8 Å². The summed E-state index contributed by atoms with van der Waals surface area (Å²) in [5, 5.41) is 46.2. The number of hydrogen-bond acceptors (Lipinski definition) is 8. The first-order valence-corrected chi connectivity index (χ1v) is 5.28. The van der Waals surface area contributed by atoms with Crippen molar-refractivity contribution in [1.29, 1.82) is 0 Å². The molecule has 0 aromatic rings. The first kappa shape index (κ1) is 15.2. The zero-order valence-corrected chi connectivity index (χ0v) is 9.42. The molecule has 1 aliphatic rings. The van der Waals surface area contributed by atoms with Crippen molar-refractivity contribution in [3.63, 3.8) is 0 Å². The number of aliphatic hydroxyl groups excluding tert-OH is 5. The molecule has 0 radical (unpaired) electrons. The number of rotatable bonds is 5. The minimum atomic E-state index is -1.64. The normalized spacial score (nSPS) is 38.4. The maximum atomic E-state index is 10.8. The lowest BCUT2D eigenvalue weighted by Crippen LogP contribution is -2.60. The molecule has 0 aromatic heterocycles. The second-order valence-corrected chi connectivity index (χ2v) is 3.91. The van der Waals surface area contributed by atoms with E-state index in [0.717, 1.165) is 0 Å². The highest BCUT2D eigenvalue weighted by molar-refractivity contribution is 5.78. The first-order valence-electron chi connectivity index (χ1n) is 5.28. The molecule has 1 rings (SSSR count). The van der Waals surface area contributed by atoms with Gasteiger partial charge < -0.3 is 40.7 Å². The molecule has 6 atom stereocenters. The zero-order valence-electron chi connectivity index (χ0n) is 9.42. The number of ether oxygens (including phenoxy) is 2. The van der Waals surface area contributed by atoms with E-state index >= 15 is 0 Å². The molecule has 0 spiro atoms. The van der Waals surface area contributed by atoms with Gasteiger partial charge >= 0.3 is 0 Å². The molecule has 106 valence electrons. The largest absolute Gasteiger partial charge is 0.394 e. The van der Waals surface area contributed by atoms with Gasteiger partial charge in [0.25, 0.3) is 0 Å². The van der Waals surface area contributed by atoms with Crippen LogP contribution in [0.25, 0.3) is 0 Å².